The predicted molar refractivity (Wildman–Crippen MR) is 122 cm³/mol. The molecule has 0 saturated carbocycles. The average molecular weight is 435 g/mol. The van der Waals surface area contributed by atoms with Crippen LogP contribution in [0.25, 0.3) is 11.4 Å². The molecule has 2 aromatic carbocycles. The molecule has 2 heterocycles. The highest BCUT2D eigenvalue weighted by molar-refractivity contribution is 5.79. The number of nitrogens with zero attached hydrogens (tertiary/aromatic N) is 3. The Hall–Kier alpha value is -3.19. The zero-order chi connectivity index (χ0) is 22.3. The summed E-state index contributed by atoms with van der Waals surface area (Å²) in [4.78, 5) is 19.6. The summed E-state index contributed by atoms with van der Waals surface area (Å²) < 4.78 is 11.1. The quantitative estimate of drug-likeness (QED) is 0.578. The lowest BCUT2D eigenvalue weighted by molar-refractivity contribution is -0.127. The largest absolute Gasteiger partial charge is 0.494 e. The van der Waals surface area contributed by atoms with Crippen molar-refractivity contribution in [1.29, 1.82) is 0 Å². The van der Waals surface area contributed by atoms with Crippen molar-refractivity contribution in [3.05, 3.63) is 65.5 Å². The Morgan fingerprint density at radius 1 is 1.25 bits per heavy atom. The fourth-order valence-electron chi connectivity index (χ4n) is 4.10. The van der Waals surface area contributed by atoms with Gasteiger partial charge in [0.15, 0.2) is 0 Å². The molecule has 168 valence electrons. The Kier molecular flexibility index (Phi) is 7.17. The second kappa shape index (κ2) is 10.4. The van der Waals surface area contributed by atoms with Gasteiger partial charge in [0, 0.05) is 24.2 Å². The summed E-state index contributed by atoms with van der Waals surface area (Å²) in [5.41, 5.74) is 3.09. The minimum atomic E-state index is -0.0535. The van der Waals surface area contributed by atoms with Crippen LogP contribution >= 0.6 is 0 Å². The Balaban J connectivity index is 1.32. The summed E-state index contributed by atoms with van der Waals surface area (Å²) in [6.07, 6.45) is 1.85. The SMILES string of the molecule is CCOc1ccccc1CNC(=O)C1CCCN(Cc2nc(-c3cccc(C)c3)no2)C1. The molecule has 4 rings (SSSR count). The van der Waals surface area contributed by atoms with Gasteiger partial charge >= 0.3 is 0 Å². The van der Waals surface area contributed by atoms with Crippen LogP contribution in [-0.2, 0) is 17.9 Å². The van der Waals surface area contributed by atoms with Gasteiger partial charge in [-0.05, 0) is 45.4 Å². The maximum atomic E-state index is 12.8. The number of benzene rings is 2. The summed E-state index contributed by atoms with van der Waals surface area (Å²) in [7, 11) is 0. The number of nitrogens with one attached hydrogen (secondary N) is 1. The second-order valence-corrected chi connectivity index (χ2v) is 8.21. The molecule has 1 aliphatic rings. The van der Waals surface area contributed by atoms with Gasteiger partial charge in [-0.1, -0.05) is 47.1 Å². The number of piperidine rings is 1. The number of rotatable bonds is 8. The number of likely N-dealkylation sites (tertiary alicyclic amines) is 1. The lowest BCUT2D eigenvalue weighted by Gasteiger charge is -2.30. The average Bonchev–Trinajstić information content (AvgIpc) is 3.27. The molecule has 1 aliphatic heterocycles. The Labute approximate surface area is 188 Å². The molecule has 0 bridgehead atoms. The summed E-state index contributed by atoms with van der Waals surface area (Å²) >= 11 is 0. The van der Waals surface area contributed by atoms with Gasteiger partial charge in [0.25, 0.3) is 0 Å². The van der Waals surface area contributed by atoms with Crippen molar-refractivity contribution in [3.63, 3.8) is 0 Å². The van der Waals surface area contributed by atoms with Crippen molar-refractivity contribution in [2.75, 3.05) is 19.7 Å². The Bertz CT molecular complexity index is 1050. The molecule has 1 fully saturated rings. The molecular formula is C25H30N4O3. The number of aromatic nitrogens is 2. The third-order valence-corrected chi connectivity index (χ3v) is 5.71. The van der Waals surface area contributed by atoms with Crippen LogP contribution in [0.4, 0.5) is 0 Å². The van der Waals surface area contributed by atoms with Crippen LogP contribution < -0.4 is 10.1 Å². The van der Waals surface area contributed by atoms with Gasteiger partial charge in [0.05, 0.1) is 19.1 Å². The maximum absolute atomic E-state index is 12.8. The van der Waals surface area contributed by atoms with E-state index >= 15 is 0 Å². The van der Waals surface area contributed by atoms with E-state index in [0.29, 0.717) is 38.0 Å². The van der Waals surface area contributed by atoms with Crippen molar-refractivity contribution in [1.82, 2.24) is 20.4 Å². The number of aryl methyl sites for hydroxylation is 1. The van der Waals surface area contributed by atoms with Gasteiger partial charge in [-0.3, -0.25) is 9.69 Å². The molecule has 0 radical (unpaired) electrons. The highest BCUT2D eigenvalue weighted by Crippen LogP contribution is 2.22. The molecule has 1 N–H and O–H groups in total. The number of para-hydroxylation sites is 1. The summed E-state index contributed by atoms with van der Waals surface area (Å²) in [6.45, 7) is 7.22. The van der Waals surface area contributed by atoms with E-state index in [0.717, 1.165) is 41.8 Å². The van der Waals surface area contributed by atoms with E-state index in [9.17, 15) is 4.79 Å². The minimum Gasteiger partial charge on any atom is -0.494 e. The smallest absolute Gasteiger partial charge is 0.241 e. The first-order chi connectivity index (χ1) is 15.6. The summed E-state index contributed by atoms with van der Waals surface area (Å²) in [5, 5.41) is 7.22. The van der Waals surface area contributed by atoms with E-state index in [-0.39, 0.29) is 11.8 Å². The van der Waals surface area contributed by atoms with E-state index in [2.05, 4.69) is 20.4 Å². The molecule has 3 aromatic rings. The van der Waals surface area contributed by atoms with E-state index in [1.807, 2.05) is 62.4 Å². The maximum Gasteiger partial charge on any atom is 0.241 e. The van der Waals surface area contributed by atoms with E-state index in [1.54, 1.807) is 0 Å². The first kappa shape index (κ1) is 22.0. The minimum absolute atomic E-state index is 0.0535. The number of hydrogen-bond donors (Lipinski definition) is 1. The molecule has 0 spiro atoms. The normalized spacial score (nSPS) is 16.6. The van der Waals surface area contributed by atoms with Gasteiger partial charge in [-0.25, -0.2) is 0 Å². The summed E-state index contributed by atoms with van der Waals surface area (Å²) in [5.74, 6) is 2.02. The van der Waals surface area contributed by atoms with Gasteiger partial charge in [-0.2, -0.15) is 4.98 Å². The Morgan fingerprint density at radius 2 is 2.12 bits per heavy atom. The first-order valence-corrected chi connectivity index (χ1v) is 11.2. The molecule has 1 unspecified atom stereocenters. The van der Waals surface area contributed by atoms with Gasteiger partial charge < -0.3 is 14.6 Å². The lowest BCUT2D eigenvalue weighted by Crippen LogP contribution is -2.42. The number of carbonyl (C=O) groups excluding carboxylic acids is 1. The van der Waals surface area contributed by atoms with Crippen molar-refractivity contribution >= 4 is 5.91 Å². The molecule has 1 amide bonds. The molecule has 7 nitrogen and oxygen atoms in total. The number of amides is 1. The van der Waals surface area contributed by atoms with Crippen LogP contribution in [0.15, 0.2) is 53.1 Å². The fraction of sp³-hybridized carbons (Fsp3) is 0.400. The monoisotopic (exact) mass is 434 g/mol. The predicted octanol–water partition coefficient (Wildman–Crippen LogP) is 3.97. The third kappa shape index (κ3) is 5.53. The number of hydrogen-bond acceptors (Lipinski definition) is 6. The number of carbonyl (C=O) groups is 1. The molecule has 0 aliphatic carbocycles. The lowest BCUT2D eigenvalue weighted by atomic mass is 9.97. The molecule has 1 saturated heterocycles. The fourth-order valence-corrected chi connectivity index (χ4v) is 4.10. The van der Waals surface area contributed by atoms with Gasteiger partial charge in [0.2, 0.25) is 17.6 Å². The molecule has 32 heavy (non-hydrogen) atoms. The second-order valence-electron chi connectivity index (χ2n) is 8.21. The van der Waals surface area contributed by atoms with Crippen LogP contribution in [0.2, 0.25) is 0 Å². The van der Waals surface area contributed by atoms with Crippen molar-refractivity contribution < 1.29 is 14.1 Å². The Morgan fingerprint density at radius 3 is 2.97 bits per heavy atom. The zero-order valence-electron chi connectivity index (χ0n) is 18.7. The first-order valence-electron chi connectivity index (χ1n) is 11.2. The standard InChI is InChI=1S/C25H30N4O3/c1-3-31-22-12-5-4-9-20(22)15-26-25(30)21-11-7-13-29(16-21)17-23-27-24(28-32-23)19-10-6-8-18(2)14-19/h4-6,8-10,12,14,21H,3,7,11,13,15-17H2,1-2H3,(H,26,30). The molecular weight excluding hydrogens is 404 g/mol. The van der Waals surface area contributed by atoms with Crippen molar-refractivity contribution in [2.45, 2.75) is 39.8 Å². The topological polar surface area (TPSA) is 80.5 Å². The van der Waals surface area contributed by atoms with E-state index in [1.165, 1.54) is 0 Å². The van der Waals surface area contributed by atoms with E-state index in [4.69, 9.17) is 9.26 Å². The zero-order valence-corrected chi connectivity index (χ0v) is 18.7. The molecule has 1 aromatic heterocycles. The third-order valence-electron chi connectivity index (χ3n) is 5.71. The molecule has 1 atom stereocenters. The van der Waals surface area contributed by atoms with E-state index < -0.39 is 0 Å². The van der Waals surface area contributed by atoms with Gasteiger partial charge in [0.1, 0.15) is 5.75 Å². The highest BCUT2D eigenvalue weighted by Gasteiger charge is 2.27. The highest BCUT2D eigenvalue weighted by atomic mass is 16.5. The molecule has 7 heteroatoms. The van der Waals surface area contributed by atoms with Crippen LogP contribution in [-0.4, -0.2) is 40.6 Å². The summed E-state index contributed by atoms with van der Waals surface area (Å²) in [6, 6.07) is 15.9. The van der Waals surface area contributed by atoms with Crippen LogP contribution in [0.5, 0.6) is 5.75 Å². The van der Waals surface area contributed by atoms with Crippen LogP contribution in [0.1, 0.15) is 36.8 Å². The van der Waals surface area contributed by atoms with Crippen molar-refractivity contribution in [2.24, 2.45) is 5.92 Å². The van der Waals surface area contributed by atoms with Crippen LogP contribution in [0, 0.1) is 12.8 Å². The van der Waals surface area contributed by atoms with Crippen LogP contribution in [0.3, 0.4) is 0 Å². The number of ether oxygens (including phenoxy) is 1. The van der Waals surface area contributed by atoms with Crippen molar-refractivity contribution in [3.8, 4) is 17.1 Å². The van der Waals surface area contributed by atoms with Gasteiger partial charge in [-0.15, -0.1) is 0 Å².